The zero-order chi connectivity index (χ0) is 21.0. The van der Waals surface area contributed by atoms with Gasteiger partial charge >= 0.3 is 0 Å². The molecule has 162 valence electrons. The van der Waals surface area contributed by atoms with Gasteiger partial charge in [0.25, 0.3) is 0 Å². The van der Waals surface area contributed by atoms with E-state index < -0.39 is 15.8 Å². The molecule has 0 aliphatic carbocycles. The summed E-state index contributed by atoms with van der Waals surface area (Å²) in [7, 11) is -3.75. The molecule has 6 nitrogen and oxygen atoms in total. The maximum Gasteiger partial charge on any atom is 0.240 e. The van der Waals surface area contributed by atoms with Crippen molar-refractivity contribution in [2.45, 2.75) is 17.9 Å². The average Bonchev–Trinajstić information content (AvgIpc) is 2.71. The number of rotatable bonds is 6. The zero-order valence-electron chi connectivity index (χ0n) is 16.4. The molecule has 0 radical (unpaired) electrons. The second kappa shape index (κ2) is 10.4. The zero-order valence-corrected chi connectivity index (χ0v) is 18.8. The van der Waals surface area contributed by atoms with Gasteiger partial charge in [0.2, 0.25) is 10.0 Å². The first-order valence-corrected chi connectivity index (χ1v) is 11.1. The van der Waals surface area contributed by atoms with Crippen molar-refractivity contribution < 1.29 is 12.8 Å². The highest BCUT2D eigenvalue weighted by Gasteiger charge is 2.25. The smallest absolute Gasteiger partial charge is 0.240 e. The SMILES string of the molecule is CC1CN(c2ccccc2C#N)CCN1CCNS(=O)(=O)c1ccc(F)c(Cl)c1.Cl. The number of sulfonamides is 1. The Balaban J connectivity index is 0.00000320. The summed E-state index contributed by atoms with van der Waals surface area (Å²) in [6.07, 6.45) is 0. The average molecular weight is 473 g/mol. The van der Waals surface area contributed by atoms with Gasteiger partial charge in [-0.1, -0.05) is 23.7 Å². The minimum absolute atomic E-state index is 0. The molecule has 1 heterocycles. The molecule has 1 aliphatic heterocycles. The van der Waals surface area contributed by atoms with Crippen LogP contribution in [-0.4, -0.2) is 52.1 Å². The molecule has 1 fully saturated rings. The van der Waals surface area contributed by atoms with E-state index in [9.17, 15) is 18.1 Å². The Labute approximate surface area is 187 Å². The molecule has 0 aromatic heterocycles. The fraction of sp³-hybridized carbons (Fsp3) is 0.350. The summed E-state index contributed by atoms with van der Waals surface area (Å²) in [5.41, 5.74) is 1.58. The number of benzene rings is 2. The number of hydrogen-bond donors (Lipinski definition) is 1. The van der Waals surface area contributed by atoms with Crippen molar-refractivity contribution >= 4 is 39.7 Å². The number of halogens is 3. The molecule has 1 aliphatic rings. The number of nitriles is 1. The number of piperazine rings is 1. The number of para-hydroxylation sites is 1. The van der Waals surface area contributed by atoms with Crippen molar-refractivity contribution in [1.82, 2.24) is 9.62 Å². The summed E-state index contributed by atoms with van der Waals surface area (Å²) in [6, 6.07) is 13.3. The first kappa shape index (κ1) is 24.4. The summed E-state index contributed by atoms with van der Waals surface area (Å²) < 4.78 is 40.5. The van der Waals surface area contributed by atoms with Gasteiger partial charge in [0.15, 0.2) is 0 Å². The van der Waals surface area contributed by atoms with E-state index in [1.807, 2.05) is 24.3 Å². The van der Waals surface area contributed by atoms with Crippen LogP contribution in [0.2, 0.25) is 5.02 Å². The van der Waals surface area contributed by atoms with Gasteiger partial charge in [0, 0.05) is 38.8 Å². The Kier molecular flexibility index (Phi) is 8.47. The van der Waals surface area contributed by atoms with Gasteiger partial charge in [-0.15, -0.1) is 12.4 Å². The minimum Gasteiger partial charge on any atom is -0.368 e. The van der Waals surface area contributed by atoms with E-state index in [2.05, 4.69) is 27.5 Å². The number of hydrogen-bond acceptors (Lipinski definition) is 5. The fourth-order valence-electron chi connectivity index (χ4n) is 3.44. The second-order valence-corrected chi connectivity index (χ2v) is 9.11. The number of anilines is 1. The van der Waals surface area contributed by atoms with Crippen molar-refractivity contribution in [3.05, 3.63) is 58.9 Å². The van der Waals surface area contributed by atoms with E-state index in [1.165, 1.54) is 6.07 Å². The summed E-state index contributed by atoms with van der Waals surface area (Å²) in [4.78, 5) is 4.32. The van der Waals surface area contributed by atoms with Crippen LogP contribution in [0.15, 0.2) is 47.4 Å². The molecular weight excluding hydrogens is 450 g/mol. The van der Waals surface area contributed by atoms with Crippen molar-refractivity contribution in [3.8, 4) is 6.07 Å². The summed E-state index contributed by atoms with van der Waals surface area (Å²) in [6.45, 7) is 5.11. The predicted octanol–water partition coefficient (Wildman–Crippen LogP) is 3.26. The summed E-state index contributed by atoms with van der Waals surface area (Å²) in [5.74, 6) is -0.657. The molecule has 0 saturated carbocycles. The Morgan fingerprint density at radius 2 is 2.00 bits per heavy atom. The van der Waals surface area contributed by atoms with E-state index in [-0.39, 0.29) is 34.9 Å². The van der Waals surface area contributed by atoms with E-state index in [1.54, 1.807) is 0 Å². The monoisotopic (exact) mass is 472 g/mol. The molecule has 1 N–H and O–H groups in total. The Hall–Kier alpha value is -1.89. The van der Waals surface area contributed by atoms with Gasteiger partial charge in [0.05, 0.1) is 21.2 Å². The van der Waals surface area contributed by atoms with E-state index >= 15 is 0 Å². The molecule has 10 heteroatoms. The Bertz CT molecular complexity index is 1030. The molecular formula is C20H23Cl2FN4O2S. The Morgan fingerprint density at radius 3 is 2.67 bits per heavy atom. The van der Waals surface area contributed by atoms with Crippen LogP contribution in [0.5, 0.6) is 0 Å². The molecule has 2 aromatic carbocycles. The molecule has 1 saturated heterocycles. The molecule has 0 bridgehead atoms. The maximum atomic E-state index is 13.3. The quantitative estimate of drug-likeness (QED) is 0.697. The fourth-order valence-corrected chi connectivity index (χ4v) is 4.73. The molecule has 3 rings (SSSR count). The van der Waals surface area contributed by atoms with Crippen molar-refractivity contribution in [2.75, 3.05) is 37.6 Å². The highest BCUT2D eigenvalue weighted by atomic mass is 35.5. The van der Waals surface area contributed by atoms with E-state index in [4.69, 9.17) is 11.6 Å². The van der Waals surface area contributed by atoms with Gasteiger partial charge in [-0.05, 0) is 37.3 Å². The standard InChI is InChI=1S/C20H22ClFN4O2S.ClH/c1-15-14-26(20-5-3-2-4-16(20)13-23)11-10-25(15)9-8-24-29(27,28)17-6-7-19(22)18(21)12-17;/h2-7,12,15,24H,8-11,14H2,1H3;1H. The number of nitrogens with zero attached hydrogens (tertiary/aromatic N) is 3. The molecule has 2 aromatic rings. The predicted molar refractivity (Wildman–Crippen MR) is 118 cm³/mol. The third-order valence-electron chi connectivity index (χ3n) is 5.02. The largest absolute Gasteiger partial charge is 0.368 e. The second-order valence-electron chi connectivity index (χ2n) is 6.93. The third-order valence-corrected chi connectivity index (χ3v) is 6.77. The van der Waals surface area contributed by atoms with Crippen molar-refractivity contribution in [3.63, 3.8) is 0 Å². The lowest BCUT2D eigenvalue weighted by Gasteiger charge is -2.41. The highest BCUT2D eigenvalue weighted by Crippen LogP contribution is 2.23. The normalized spacial score (nSPS) is 17.3. The van der Waals surface area contributed by atoms with Gasteiger partial charge in [-0.25, -0.2) is 17.5 Å². The van der Waals surface area contributed by atoms with E-state index in [0.717, 1.165) is 37.5 Å². The van der Waals surface area contributed by atoms with Gasteiger partial charge < -0.3 is 4.90 Å². The minimum atomic E-state index is -3.75. The van der Waals surface area contributed by atoms with Crippen LogP contribution in [0.3, 0.4) is 0 Å². The molecule has 1 atom stereocenters. The lowest BCUT2D eigenvalue weighted by atomic mass is 10.1. The third kappa shape index (κ3) is 5.62. The topological polar surface area (TPSA) is 76.4 Å². The van der Waals surface area contributed by atoms with E-state index in [0.29, 0.717) is 12.1 Å². The van der Waals surface area contributed by atoms with Crippen LogP contribution in [0.1, 0.15) is 12.5 Å². The maximum absolute atomic E-state index is 13.3. The van der Waals surface area contributed by atoms with Crippen LogP contribution in [0, 0.1) is 17.1 Å². The molecule has 0 amide bonds. The van der Waals surface area contributed by atoms with Crippen LogP contribution in [0.4, 0.5) is 10.1 Å². The lowest BCUT2D eigenvalue weighted by Crippen LogP contribution is -2.53. The first-order valence-electron chi connectivity index (χ1n) is 9.24. The Morgan fingerprint density at radius 1 is 1.27 bits per heavy atom. The molecule has 30 heavy (non-hydrogen) atoms. The van der Waals surface area contributed by atoms with Gasteiger partial charge in [-0.3, -0.25) is 4.90 Å². The number of nitrogens with one attached hydrogen (secondary N) is 1. The van der Waals surface area contributed by atoms with Crippen LogP contribution >= 0.6 is 24.0 Å². The van der Waals surface area contributed by atoms with Gasteiger partial charge in [0.1, 0.15) is 11.9 Å². The van der Waals surface area contributed by atoms with Crippen LogP contribution < -0.4 is 9.62 Å². The summed E-state index contributed by atoms with van der Waals surface area (Å²) >= 11 is 5.68. The van der Waals surface area contributed by atoms with Crippen LogP contribution in [0.25, 0.3) is 0 Å². The lowest BCUT2D eigenvalue weighted by molar-refractivity contribution is 0.193. The van der Waals surface area contributed by atoms with Crippen LogP contribution in [-0.2, 0) is 10.0 Å². The van der Waals surface area contributed by atoms with Crippen molar-refractivity contribution in [2.24, 2.45) is 0 Å². The first-order chi connectivity index (χ1) is 13.8. The highest BCUT2D eigenvalue weighted by molar-refractivity contribution is 7.89. The van der Waals surface area contributed by atoms with Gasteiger partial charge in [-0.2, -0.15) is 5.26 Å². The molecule has 0 spiro atoms. The van der Waals surface area contributed by atoms with Crippen molar-refractivity contribution in [1.29, 1.82) is 5.26 Å². The summed E-state index contributed by atoms with van der Waals surface area (Å²) in [5, 5.41) is 9.08. The molecule has 1 unspecified atom stereocenters.